The predicted octanol–water partition coefficient (Wildman–Crippen LogP) is 1.19. The number of aromatic nitrogens is 3. The molecule has 2 aromatic rings. The van der Waals surface area contributed by atoms with Crippen molar-refractivity contribution in [1.82, 2.24) is 19.9 Å². The van der Waals surface area contributed by atoms with Crippen LogP contribution in [0, 0.1) is 0 Å². The van der Waals surface area contributed by atoms with E-state index in [9.17, 15) is 0 Å². The highest BCUT2D eigenvalue weighted by Gasteiger charge is 2.18. The topological polar surface area (TPSA) is 45.2 Å². The highest BCUT2D eigenvalue weighted by atomic mass is 15.3. The average molecular weight is 255 g/mol. The molecule has 1 aliphatic heterocycles. The molecule has 1 saturated heterocycles. The van der Waals surface area contributed by atoms with Gasteiger partial charge in [0.15, 0.2) is 0 Å². The highest BCUT2D eigenvalue weighted by molar-refractivity contribution is 5.29. The maximum absolute atomic E-state index is 4.30. The molecular formula is C14H17N5. The molecular weight excluding hydrogens is 238 g/mol. The predicted molar refractivity (Wildman–Crippen MR) is 73.8 cm³/mol. The minimum atomic E-state index is 0.837. The monoisotopic (exact) mass is 255 g/mol. The summed E-state index contributed by atoms with van der Waals surface area (Å²) in [5, 5.41) is 0. The van der Waals surface area contributed by atoms with Crippen LogP contribution in [0.5, 0.6) is 0 Å². The number of hydrogen-bond donors (Lipinski definition) is 0. The van der Waals surface area contributed by atoms with Crippen LogP contribution in [0.1, 0.15) is 5.56 Å². The first-order valence-electron chi connectivity index (χ1n) is 6.55. The standard InChI is InChI=1S/C14H17N5/c1-3-13(11-15-4-1)12-18-7-9-19(10-8-18)14-16-5-2-6-17-14/h1-6,11H,7-10,12H2. The van der Waals surface area contributed by atoms with Gasteiger partial charge in [-0.25, -0.2) is 9.97 Å². The van der Waals surface area contributed by atoms with Gasteiger partial charge < -0.3 is 4.90 Å². The third-order valence-electron chi connectivity index (χ3n) is 3.34. The fourth-order valence-electron chi connectivity index (χ4n) is 2.31. The minimum absolute atomic E-state index is 0.837. The van der Waals surface area contributed by atoms with Crippen molar-refractivity contribution in [2.24, 2.45) is 0 Å². The van der Waals surface area contributed by atoms with E-state index in [1.165, 1.54) is 5.56 Å². The molecule has 19 heavy (non-hydrogen) atoms. The van der Waals surface area contributed by atoms with E-state index in [0.717, 1.165) is 38.7 Å². The molecule has 1 fully saturated rings. The summed E-state index contributed by atoms with van der Waals surface area (Å²) in [6.07, 6.45) is 7.34. The molecule has 98 valence electrons. The average Bonchev–Trinajstić information content (AvgIpc) is 2.50. The van der Waals surface area contributed by atoms with E-state index in [4.69, 9.17) is 0 Å². The summed E-state index contributed by atoms with van der Waals surface area (Å²) in [5.41, 5.74) is 1.27. The van der Waals surface area contributed by atoms with Crippen LogP contribution in [-0.2, 0) is 6.54 Å². The molecule has 0 bridgehead atoms. The van der Waals surface area contributed by atoms with E-state index in [1.807, 2.05) is 24.5 Å². The molecule has 0 unspecified atom stereocenters. The van der Waals surface area contributed by atoms with Gasteiger partial charge in [-0.1, -0.05) is 6.07 Å². The number of hydrogen-bond acceptors (Lipinski definition) is 5. The van der Waals surface area contributed by atoms with Crippen molar-refractivity contribution >= 4 is 5.95 Å². The van der Waals surface area contributed by atoms with Crippen LogP contribution in [0.2, 0.25) is 0 Å². The SMILES string of the molecule is c1cnc(N2CCN(Cc3cccnc3)CC2)nc1. The lowest BCUT2D eigenvalue weighted by Gasteiger charge is -2.34. The third-order valence-corrected chi connectivity index (χ3v) is 3.34. The van der Waals surface area contributed by atoms with E-state index in [0.29, 0.717) is 0 Å². The van der Waals surface area contributed by atoms with Crippen LogP contribution in [0.15, 0.2) is 43.0 Å². The summed E-state index contributed by atoms with van der Waals surface area (Å²) in [6.45, 7) is 4.99. The first-order valence-corrected chi connectivity index (χ1v) is 6.55. The highest BCUT2D eigenvalue weighted by Crippen LogP contribution is 2.11. The van der Waals surface area contributed by atoms with Gasteiger partial charge in [-0.2, -0.15) is 0 Å². The molecule has 0 atom stereocenters. The van der Waals surface area contributed by atoms with Gasteiger partial charge >= 0.3 is 0 Å². The minimum Gasteiger partial charge on any atom is -0.338 e. The van der Waals surface area contributed by atoms with Crippen molar-refractivity contribution in [3.05, 3.63) is 48.5 Å². The summed E-state index contributed by atoms with van der Waals surface area (Å²) in [6, 6.07) is 5.96. The van der Waals surface area contributed by atoms with Crippen molar-refractivity contribution in [3.8, 4) is 0 Å². The zero-order valence-electron chi connectivity index (χ0n) is 10.8. The molecule has 3 heterocycles. The van der Waals surface area contributed by atoms with E-state index in [1.54, 1.807) is 12.4 Å². The molecule has 5 heteroatoms. The maximum atomic E-state index is 4.30. The number of pyridine rings is 1. The number of rotatable bonds is 3. The van der Waals surface area contributed by atoms with Gasteiger partial charge in [0.25, 0.3) is 0 Å². The fraction of sp³-hybridized carbons (Fsp3) is 0.357. The second-order valence-corrected chi connectivity index (χ2v) is 4.67. The van der Waals surface area contributed by atoms with Crippen molar-refractivity contribution in [3.63, 3.8) is 0 Å². The Kier molecular flexibility index (Phi) is 3.65. The lowest BCUT2D eigenvalue weighted by Crippen LogP contribution is -2.46. The Balaban J connectivity index is 1.55. The van der Waals surface area contributed by atoms with Crippen molar-refractivity contribution in [2.45, 2.75) is 6.54 Å². The summed E-state index contributed by atoms with van der Waals surface area (Å²) in [4.78, 5) is 17.4. The van der Waals surface area contributed by atoms with Crippen LogP contribution in [-0.4, -0.2) is 46.0 Å². The van der Waals surface area contributed by atoms with E-state index in [-0.39, 0.29) is 0 Å². The Morgan fingerprint density at radius 2 is 1.74 bits per heavy atom. The molecule has 0 spiro atoms. The molecule has 2 aromatic heterocycles. The maximum Gasteiger partial charge on any atom is 0.225 e. The smallest absolute Gasteiger partial charge is 0.225 e. The number of nitrogens with zero attached hydrogens (tertiary/aromatic N) is 5. The summed E-state index contributed by atoms with van der Waals surface area (Å²) >= 11 is 0. The Morgan fingerprint density at radius 3 is 2.42 bits per heavy atom. The van der Waals surface area contributed by atoms with Gasteiger partial charge in [-0.3, -0.25) is 9.88 Å². The molecule has 0 saturated carbocycles. The third kappa shape index (κ3) is 3.06. The van der Waals surface area contributed by atoms with Crippen LogP contribution in [0.4, 0.5) is 5.95 Å². The molecule has 0 amide bonds. The largest absolute Gasteiger partial charge is 0.338 e. The molecule has 0 N–H and O–H groups in total. The van der Waals surface area contributed by atoms with E-state index < -0.39 is 0 Å². The Morgan fingerprint density at radius 1 is 0.947 bits per heavy atom. The molecule has 0 aliphatic carbocycles. The normalized spacial score (nSPS) is 16.5. The van der Waals surface area contributed by atoms with Gasteiger partial charge in [0.1, 0.15) is 0 Å². The zero-order valence-corrected chi connectivity index (χ0v) is 10.8. The number of anilines is 1. The molecule has 3 rings (SSSR count). The first kappa shape index (κ1) is 12.0. The lowest BCUT2D eigenvalue weighted by atomic mass is 10.2. The van der Waals surface area contributed by atoms with Crippen LogP contribution in [0.25, 0.3) is 0 Å². The summed E-state index contributed by atoms with van der Waals surface area (Å²) in [5.74, 6) is 0.837. The van der Waals surface area contributed by atoms with Crippen LogP contribution >= 0.6 is 0 Å². The van der Waals surface area contributed by atoms with Crippen molar-refractivity contribution in [2.75, 3.05) is 31.1 Å². The van der Waals surface area contributed by atoms with Gasteiger partial charge in [0.2, 0.25) is 5.95 Å². The molecule has 0 radical (unpaired) electrons. The van der Waals surface area contributed by atoms with Crippen molar-refractivity contribution in [1.29, 1.82) is 0 Å². The fourth-order valence-corrected chi connectivity index (χ4v) is 2.31. The molecule has 5 nitrogen and oxygen atoms in total. The van der Waals surface area contributed by atoms with E-state index in [2.05, 4.69) is 30.8 Å². The summed E-state index contributed by atoms with van der Waals surface area (Å²) < 4.78 is 0. The van der Waals surface area contributed by atoms with E-state index >= 15 is 0 Å². The Labute approximate surface area is 112 Å². The quantitative estimate of drug-likeness (QED) is 0.824. The van der Waals surface area contributed by atoms with Crippen molar-refractivity contribution < 1.29 is 0 Å². The molecule has 1 aliphatic rings. The van der Waals surface area contributed by atoms with Crippen LogP contribution in [0.3, 0.4) is 0 Å². The zero-order chi connectivity index (χ0) is 12.9. The Hall–Kier alpha value is -2.01. The second-order valence-electron chi connectivity index (χ2n) is 4.67. The first-order chi connectivity index (χ1) is 9.42. The molecule has 0 aromatic carbocycles. The second kappa shape index (κ2) is 5.75. The van der Waals surface area contributed by atoms with Gasteiger partial charge in [-0.05, 0) is 17.7 Å². The van der Waals surface area contributed by atoms with Gasteiger partial charge in [-0.15, -0.1) is 0 Å². The summed E-state index contributed by atoms with van der Waals surface area (Å²) in [7, 11) is 0. The lowest BCUT2D eigenvalue weighted by molar-refractivity contribution is 0.248. The van der Waals surface area contributed by atoms with Gasteiger partial charge in [0.05, 0.1) is 0 Å². The van der Waals surface area contributed by atoms with Gasteiger partial charge in [0, 0.05) is 57.5 Å². The number of piperazine rings is 1. The van der Waals surface area contributed by atoms with Crippen LogP contribution < -0.4 is 4.90 Å². The Bertz CT molecular complexity index is 494.